The minimum atomic E-state index is -0.222. The highest BCUT2D eigenvalue weighted by molar-refractivity contribution is 7.11. The maximum absolute atomic E-state index is 14.6. The second-order valence-electron chi connectivity index (χ2n) is 12.2. The summed E-state index contributed by atoms with van der Waals surface area (Å²) in [6.45, 7) is 6.04. The van der Waals surface area contributed by atoms with E-state index in [-0.39, 0.29) is 23.3 Å². The molecular formula is C31H42N4O2S. The van der Waals surface area contributed by atoms with E-state index in [4.69, 9.17) is 4.98 Å². The molecule has 4 aliphatic rings. The van der Waals surface area contributed by atoms with E-state index in [1.807, 2.05) is 6.92 Å². The summed E-state index contributed by atoms with van der Waals surface area (Å²) in [5.74, 6) is 1.41. The molecule has 2 aromatic rings. The van der Waals surface area contributed by atoms with E-state index in [1.165, 1.54) is 42.5 Å². The molecule has 38 heavy (non-hydrogen) atoms. The summed E-state index contributed by atoms with van der Waals surface area (Å²) < 4.78 is 0. The molecule has 3 fully saturated rings. The molecule has 1 saturated carbocycles. The van der Waals surface area contributed by atoms with Crippen molar-refractivity contribution in [3.63, 3.8) is 0 Å². The van der Waals surface area contributed by atoms with Crippen molar-refractivity contribution in [3.8, 4) is 0 Å². The summed E-state index contributed by atoms with van der Waals surface area (Å²) in [6, 6.07) is 11.2. The van der Waals surface area contributed by atoms with Gasteiger partial charge in [0, 0.05) is 42.9 Å². The fourth-order valence-corrected chi connectivity index (χ4v) is 9.37. The summed E-state index contributed by atoms with van der Waals surface area (Å²) in [6.07, 6.45) is 10.3. The standard InChI is InChI=1S/C31H42N4O2S/c1-20(36)33-26-13-15-31(29-28(26)34-21(2)38-29)19-32-18-25(31)30(37)35-16-14-24(22-9-5-3-6-10-22)17-27(35)23-11-7-4-8-12-23/h3,5-6,9-10,23-27,32H,4,7-8,11-19H2,1-2H3,(H,33,36). The van der Waals surface area contributed by atoms with Gasteiger partial charge in [-0.3, -0.25) is 9.59 Å². The van der Waals surface area contributed by atoms with Crippen molar-refractivity contribution in [3.05, 3.63) is 51.5 Å². The molecule has 204 valence electrons. The van der Waals surface area contributed by atoms with Crippen LogP contribution in [-0.4, -0.2) is 47.4 Å². The first-order valence-electron chi connectivity index (χ1n) is 14.8. The van der Waals surface area contributed by atoms with Gasteiger partial charge in [-0.2, -0.15) is 0 Å². The number of hydrogen-bond acceptors (Lipinski definition) is 5. The Morgan fingerprint density at radius 1 is 1.11 bits per heavy atom. The Morgan fingerprint density at radius 2 is 1.89 bits per heavy atom. The Kier molecular flexibility index (Phi) is 7.34. The summed E-state index contributed by atoms with van der Waals surface area (Å²) >= 11 is 1.74. The third kappa shape index (κ3) is 4.70. The zero-order valence-electron chi connectivity index (χ0n) is 22.9. The van der Waals surface area contributed by atoms with Crippen LogP contribution >= 0.6 is 11.3 Å². The van der Waals surface area contributed by atoms with E-state index in [2.05, 4.69) is 45.9 Å². The van der Waals surface area contributed by atoms with Gasteiger partial charge in [0.1, 0.15) is 0 Å². The maximum Gasteiger partial charge on any atom is 0.228 e. The molecule has 2 amide bonds. The molecule has 2 aliphatic heterocycles. The van der Waals surface area contributed by atoms with Crippen LogP contribution in [0.25, 0.3) is 0 Å². The lowest BCUT2D eigenvalue weighted by Gasteiger charge is -2.48. The SMILES string of the molecule is CC(=O)NC1CCC2(CNCC2C(=O)N2CCC(c3ccccc3)CC2C2CCCCC2)c2sc(C)nc21. The Labute approximate surface area is 231 Å². The Bertz CT molecular complexity index is 1160. The number of benzene rings is 1. The maximum atomic E-state index is 14.6. The number of carbonyl (C=O) groups excluding carboxylic acids is 2. The monoisotopic (exact) mass is 534 g/mol. The molecule has 5 atom stereocenters. The topological polar surface area (TPSA) is 74.3 Å². The molecule has 2 N–H and O–H groups in total. The van der Waals surface area contributed by atoms with Crippen LogP contribution in [-0.2, 0) is 15.0 Å². The molecule has 6 rings (SSSR count). The molecule has 7 heteroatoms. The van der Waals surface area contributed by atoms with Crippen LogP contribution in [0.1, 0.15) is 97.8 Å². The van der Waals surface area contributed by atoms with Crippen molar-refractivity contribution < 1.29 is 9.59 Å². The first-order chi connectivity index (χ1) is 18.5. The molecule has 0 bridgehead atoms. The van der Waals surface area contributed by atoms with E-state index in [9.17, 15) is 9.59 Å². The largest absolute Gasteiger partial charge is 0.348 e. The quantitative estimate of drug-likeness (QED) is 0.563. The van der Waals surface area contributed by atoms with Gasteiger partial charge in [-0.15, -0.1) is 11.3 Å². The second kappa shape index (κ2) is 10.7. The highest BCUT2D eigenvalue weighted by Gasteiger charge is 2.55. The lowest BCUT2D eigenvalue weighted by molar-refractivity contribution is -0.143. The number of aromatic nitrogens is 1. The van der Waals surface area contributed by atoms with Crippen LogP contribution in [0.3, 0.4) is 0 Å². The van der Waals surface area contributed by atoms with Crippen molar-refractivity contribution in [1.29, 1.82) is 0 Å². The molecule has 6 nitrogen and oxygen atoms in total. The van der Waals surface area contributed by atoms with Crippen LogP contribution in [0.15, 0.2) is 30.3 Å². The van der Waals surface area contributed by atoms with Gasteiger partial charge in [0.2, 0.25) is 11.8 Å². The van der Waals surface area contributed by atoms with Crippen LogP contribution in [0, 0.1) is 18.8 Å². The number of piperidine rings is 1. The highest BCUT2D eigenvalue weighted by Crippen LogP contribution is 2.51. The molecule has 3 heterocycles. The predicted molar refractivity (Wildman–Crippen MR) is 151 cm³/mol. The number of hydrogen-bond donors (Lipinski definition) is 2. The lowest BCUT2D eigenvalue weighted by Crippen LogP contribution is -2.55. The summed E-state index contributed by atoms with van der Waals surface area (Å²) in [5, 5.41) is 7.78. The average molecular weight is 535 g/mol. The van der Waals surface area contributed by atoms with Crippen molar-refractivity contribution in [1.82, 2.24) is 20.5 Å². The van der Waals surface area contributed by atoms with Crippen LogP contribution in [0.4, 0.5) is 0 Å². The highest BCUT2D eigenvalue weighted by atomic mass is 32.1. The van der Waals surface area contributed by atoms with Gasteiger partial charge in [0.05, 0.1) is 22.7 Å². The normalized spacial score (nSPS) is 31.8. The zero-order valence-corrected chi connectivity index (χ0v) is 23.7. The van der Waals surface area contributed by atoms with Gasteiger partial charge in [-0.05, 0) is 62.8 Å². The number of nitrogens with zero attached hydrogens (tertiary/aromatic N) is 2. The first-order valence-corrected chi connectivity index (χ1v) is 15.6. The Hall–Kier alpha value is -2.25. The van der Waals surface area contributed by atoms with Crippen molar-refractivity contribution in [2.45, 2.75) is 95.1 Å². The molecule has 1 aromatic carbocycles. The van der Waals surface area contributed by atoms with E-state index >= 15 is 0 Å². The number of fused-ring (bicyclic) bond motifs is 2. The summed E-state index contributed by atoms with van der Waals surface area (Å²) in [4.78, 5) is 35.0. The van der Waals surface area contributed by atoms with Gasteiger partial charge in [0.25, 0.3) is 0 Å². The molecular weight excluding hydrogens is 492 g/mol. The van der Waals surface area contributed by atoms with Crippen molar-refractivity contribution in [2.24, 2.45) is 11.8 Å². The van der Waals surface area contributed by atoms with Crippen LogP contribution in [0.5, 0.6) is 0 Å². The molecule has 1 aromatic heterocycles. The van der Waals surface area contributed by atoms with Crippen molar-refractivity contribution in [2.75, 3.05) is 19.6 Å². The number of nitrogens with one attached hydrogen (secondary N) is 2. The Balaban J connectivity index is 1.30. The predicted octanol–water partition coefficient (Wildman–Crippen LogP) is 5.23. The number of thiazole rings is 1. The third-order valence-electron chi connectivity index (χ3n) is 9.95. The van der Waals surface area contributed by atoms with E-state index < -0.39 is 0 Å². The molecule has 0 radical (unpaired) electrons. The lowest BCUT2D eigenvalue weighted by atomic mass is 9.67. The average Bonchev–Trinajstić information content (AvgIpc) is 3.55. The van der Waals surface area contributed by atoms with Gasteiger partial charge in [-0.1, -0.05) is 49.6 Å². The summed E-state index contributed by atoms with van der Waals surface area (Å²) in [5.41, 5.74) is 2.21. The van der Waals surface area contributed by atoms with E-state index in [1.54, 1.807) is 18.3 Å². The molecule has 2 aliphatic carbocycles. The smallest absolute Gasteiger partial charge is 0.228 e. The van der Waals surface area contributed by atoms with Crippen LogP contribution in [0.2, 0.25) is 0 Å². The van der Waals surface area contributed by atoms with Gasteiger partial charge in [0.15, 0.2) is 0 Å². The summed E-state index contributed by atoms with van der Waals surface area (Å²) in [7, 11) is 0. The molecule has 1 spiro atoms. The number of likely N-dealkylation sites (tertiary alicyclic amines) is 1. The van der Waals surface area contributed by atoms with Crippen LogP contribution < -0.4 is 10.6 Å². The fourth-order valence-electron chi connectivity index (χ4n) is 8.12. The first kappa shape index (κ1) is 26.0. The number of amides is 2. The molecule has 5 unspecified atom stereocenters. The molecule has 2 saturated heterocycles. The Morgan fingerprint density at radius 3 is 2.66 bits per heavy atom. The van der Waals surface area contributed by atoms with Crippen molar-refractivity contribution >= 4 is 23.2 Å². The van der Waals surface area contributed by atoms with Gasteiger partial charge in [-0.25, -0.2) is 4.98 Å². The zero-order chi connectivity index (χ0) is 26.3. The number of aryl methyl sites for hydroxylation is 1. The van der Waals surface area contributed by atoms with Gasteiger partial charge >= 0.3 is 0 Å². The van der Waals surface area contributed by atoms with E-state index in [0.29, 0.717) is 23.8 Å². The fraction of sp³-hybridized carbons (Fsp3) is 0.645. The minimum absolute atomic E-state index is 0.0173. The minimum Gasteiger partial charge on any atom is -0.348 e. The van der Waals surface area contributed by atoms with Gasteiger partial charge < -0.3 is 15.5 Å². The van der Waals surface area contributed by atoms with E-state index in [0.717, 1.165) is 56.0 Å². The third-order valence-corrected chi connectivity index (χ3v) is 11.2. The second-order valence-corrected chi connectivity index (χ2v) is 13.4. The number of carbonyl (C=O) groups is 2. The number of rotatable bonds is 4.